The minimum absolute atomic E-state index is 0.169. The molecular weight excluding hydrogens is 359 g/mol. The SMILES string of the molecule is C[C@@]1(CCc2ccccc2)NC(=O)N(Cc2ccc(Cl)c(Cl)c2)C1=O. The molecule has 3 amide bonds. The second-order valence-electron chi connectivity index (χ2n) is 6.39. The zero-order chi connectivity index (χ0) is 18.0. The molecule has 1 saturated heterocycles. The maximum absolute atomic E-state index is 12.8. The van der Waals surface area contributed by atoms with E-state index in [1.807, 2.05) is 30.3 Å². The number of amides is 3. The molecule has 6 heteroatoms. The highest BCUT2D eigenvalue weighted by Gasteiger charge is 2.47. The molecular formula is C19H18Cl2N2O2. The van der Waals surface area contributed by atoms with Crippen LogP contribution >= 0.6 is 23.2 Å². The summed E-state index contributed by atoms with van der Waals surface area (Å²) < 4.78 is 0. The number of nitrogens with zero attached hydrogens (tertiary/aromatic N) is 1. The Balaban J connectivity index is 1.71. The van der Waals surface area contributed by atoms with Crippen LogP contribution in [0.4, 0.5) is 4.79 Å². The van der Waals surface area contributed by atoms with Crippen LogP contribution in [-0.2, 0) is 17.8 Å². The van der Waals surface area contributed by atoms with Crippen molar-refractivity contribution in [1.82, 2.24) is 10.2 Å². The average molecular weight is 377 g/mol. The summed E-state index contributed by atoms with van der Waals surface area (Å²) >= 11 is 11.9. The molecule has 0 bridgehead atoms. The Kier molecular flexibility index (Phi) is 5.02. The van der Waals surface area contributed by atoms with E-state index in [1.165, 1.54) is 4.90 Å². The van der Waals surface area contributed by atoms with Crippen molar-refractivity contribution in [3.05, 3.63) is 69.7 Å². The third kappa shape index (κ3) is 3.80. The number of rotatable bonds is 5. The minimum atomic E-state index is -0.900. The molecule has 1 aliphatic heterocycles. The first kappa shape index (κ1) is 17.8. The normalized spacial score (nSPS) is 20.0. The topological polar surface area (TPSA) is 49.4 Å². The molecule has 0 radical (unpaired) electrons. The van der Waals surface area contributed by atoms with Gasteiger partial charge in [-0.05, 0) is 43.0 Å². The zero-order valence-electron chi connectivity index (χ0n) is 13.8. The fourth-order valence-corrected chi connectivity index (χ4v) is 3.24. The number of benzene rings is 2. The maximum Gasteiger partial charge on any atom is 0.325 e. The molecule has 0 spiro atoms. The van der Waals surface area contributed by atoms with E-state index in [2.05, 4.69) is 5.32 Å². The Morgan fingerprint density at radius 3 is 2.40 bits per heavy atom. The third-order valence-corrected chi connectivity index (χ3v) is 5.17. The average Bonchev–Trinajstić information content (AvgIpc) is 2.81. The molecule has 0 aliphatic carbocycles. The molecule has 3 rings (SSSR count). The monoisotopic (exact) mass is 376 g/mol. The molecule has 1 atom stereocenters. The molecule has 0 saturated carbocycles. The lowest BCUT2D eigenvalue weighted by Gasteiger charge is -2.21. The molecule has 130 valence electrons. The predicted molar refractivity (Wildman–Crippen MR) is 98.7 cm³/mol. The Hall–Kier alpha value is -2.04. The van der Waals surface area contributed by atoms with Gasteiger partial charge in [-0.25, -0.2) is 4.79 Å². The standard InChI is InChI=1S/C19H18Cl2N2O2/c1-19(10-9-13-5-3-2-4-6-13)17(24)23(18(25)22-19)12-14-7-8-15(20)16(21)11-14/h2-8,11H,9-10,12H2,1H3,(H,22,25)/t19-/m0/s1. The van der Waals surface area contributed by atoms with Crippen LogP contribution in [0.5, 0.6) is 0 Å². The van der Waals surface area contributed by atoms with Gasteiger partial charge in [-0.15, -0.1) is 0 Å². The first-order chi connectivity index (χ1) is 11.9. The van der Waals surface area contributed by atoms with Crippen molar-refractivity contribution in [3.8, 4) is 0 Å². The molecule has 1 heterocycles. The second-order valence-corrected chi connectivity index (χ2v) is 7.20. The summed E-state index contributed by atoms with van der Waals surface area (Å²) in [5, 5.41) is 3.67. The molecule has 0 aromatic heterocycles. The maximum atomic E-state index is 12.8. The van der Waals surface area contributed by atoms with Gasteiger partial charge in [-0.3, -0.25) is 9.69 Å². The van der Waals surface area contributed by atoms with Crippen LogP contribution in [0.1, 0.15) is 24.5 Å². The number of hydrogen-bond acceptors (Lipinski definition) is 2. The van der Waals surface area contributed by atoms with Crippen molar-refractivity contribution in [1.29, 1.82) is 0 Å². The lowest BCUT2D eigenvalue weighted by molar-refractivity contribution is -0.131. The van der Waals surface area contributed by atoms with Crippen molar-refractivity contribution in [3.63, 3.8) is 0 Å². The van der Waals surface area contributed by atoms with Crippen molar-refractivity contribution in [2.45, 2.75) is 31.8 Å². The van der Waals surface area contributed by atoms with Gasteiger partial charge in [-0.1, -0.05) is 59.6 Å². The van der Waals surface area contributed by atoms with Crippen LogP contribution in [0.25, 0.3) is 0 Å². The minimum Gasteiger partial charge on any atom is -0.323 e. The van der Waals surface area contributed by atoms with E-state index in [4.69, 9.17) is 23.2 Å². The first-order valence-electron chi connectivity index (χ1n) is 8.01. The Morgan fingerprint density at radius 2 is 1.72 bits per heavy atom. The van der Waals surface area contributed by atoms with E-state index in [1.54, 1.807) is 25.1 Å². The molecule has 1 aliphatic rings. The highest BCUT2D eigenvalue weighted by atomic mass is 35.5. The number of hydrogen-bond donors (Lipinski definition) is 1. The quantitative estimate of drug-likeness (QED) is 0.784. The molecule has 2 aromatic carbocycles. The van der Waals surface area contributed by atoms with Crippen LogP contribution in [0.2, 0.25) is 10.0 Å². The number of halogens is 2. The van der Waals surface area contributed by atoms with Crippen molar-refractivity contribution in [2.75, 3.05) is 0 Å². The predicted octanol–water partition coefficient (Wildman–Crippen LogP) is 4.44. The van der Waals surface area contributed by atoms with Crippen molar-refractivity contribution in [2.24, 2.45) is 0 Å². The third-order valence-electron chi connectivity index (χ3n) is 4.43. The summed E-state index contributed by atoms with van der Waals surface area (Å²) in [5.41, 5.74) is 0.988. The van der Waals surface area contributed by atoms with E-state index in [0.717, 1.165) is 11.1 Å². The molecule has 1 N–H and O–H groups in total. The zero-order valence-corrected chi connectivity index (χ0v) is 15.3. The Morgan fingerprint density at radius 1 is 1.00 bits per heavy atom. The highest BCUT2D eigenvalue weighted by molar-refractivity contribution is 6.42. The van der Waals surface area contributed by atoms with E-state index in [-0.39, 0.29) is 18.5 Å². The number of carbonyl (C=O) groups is 2. The second kappa shape index (κ2) is 7.06. The molecule has 4 nitrogen and oxygen atoms in total. The van der Waals surface area contributed by atoms with Crippen molar-refractivity contribution < 1.29 is 9.59 Å². The van der Waals surface area contributed by atoms with Gasteiger partial charge >= 0.3 is 6.03 Å². The van der Waals surface area contributed by atoms with E-state index in [0.29, 0.717) is 22.9 Å². The van der Waals surface area contributed by atoms with Gasteiger partial charge in [0.25, 0.3) is 5.91 Å². The van der Waals surface area contributed by atoms with Gasteiger partial charge in [0.1, 0.15) is 5.54 Å². The van der Waals surface area contributed by atoms with Gasteiger partial charge in [0, 0.05) is 0 Å². The summed E-state index contributed by atoms with van der Waals surface area (Å²) in [6, 6.07) is 14.6. The summed E-state index contributed by atoms with van der Waals surface area (Å²) in [5.74, 6) is -0.223. The molecule has 1 fully saturated rings. The first-order valence-corrected chi connectivity index (χ1v) is 8.76. The van der Waals surface area contributed by atoms with Crippen molar-refractivity contribution >= 4 is 35.1 Å². The molecule has 0 unspecified atom stereocenters. The summed E-state index contributed by atoms with van der Waals surface area (Å²) in [7, 11) is 0. The van der Waals surface area contributed by atoms with Crippen LogP contribution < -0.4 is 5.32 Å². The summed E-state index contributed by atoms with van der Waals surface area (Å²) in [6.07, 6.45) is 1.25. The van der Waals surface area contributed by atoms with Gasteiger partial charge in [0.05, 0.1) is 16.6 Å². The van der Waals surface area contributed by atoms with Gasteiger partial charge in [-0.2, -0.15) is 0 Å². The van der Waals surface area contributed by atoms with E-state index in [9.17, 15) is 9.59 Å². The van der Waals surface area contributed by atoms with Crippen LogP contribution in [0, 0.1) is 0 Å². The Labute approximate surface area is 156 Å². The lowest BCUT2D eigenvalue weighted by Crippen LogP contribution is -2.44. The van der Waals surface area contributed by atoms with Gasteiger partial charge in [0.15, 0.2) is 0 Å². The molecule has 25 heavy (non-hydrogen) atoms. The summed E-state index contributed by atoms with van der Waals surface area (Å²) in [4.78, 5) is 26.3. The lowest BCUT2D eigenvalue weighted by atomic mass is 9.93. The number of imide groups is 1. The number of urea groups is 1. The van der Waals surface area contributed by atoms with Crippen LogP contribution in [-0.4, -0.2) is 22.4 Å². The fourth-order valence-electron chi connectivity index (χ4n) is 2.92. The largest absolute Gasteiger partial charge is 0.325 e. The number of carbonyl (C=O) groups excluding carboxylic acids is 2. The van der Waals surface area contributed by atoms with Gasteiger partial charge in [0.2, 0.25) is 0 Å². The number of nitrogens with one attached hydrogen (secondary N) is 1. The highest BCUT2D eigenvalue weighted by Crippen LogP contribution is 2.27. The van der Waals surface area contributed by atoms with Crippen LogP contribution in [0.15, 0.2) is 48.5 Å². The van der Waals surface area contributed by atoms with Gasteiger partial charge < -0.3 is 5.32 Å². The molecule has 2 aromatic rings. The smallest absolute Gasteiger partial charge is 0.323 e. The van der Waals surface area contributed by atoms with E-state index >= 15 is 0 Å². The Bertz CT molecular complexity index is 810. The number of aryl methyl sites for hydroxylation is 1. The fraction of sp³-hybridized carbons (Fsp3) is 0.263. The van der Waals surface area contributed by atoms with Crippen LogP contribution in [0.3, 0.4) is 0 Å². The van der Waals surface area contributed by atoms with E-state index < -0.39 is 5.54 Å². The summed E-state index contributed by atoms with van der Waals surface area (Å²) in [6.45, 7) is 1.94.